The third-order valence-corrected chi connectivity index (χ3v) is 3.91. The summed E-state index contributed by atoms with van der Waals surface area (Å²) in [4.78, 5) is 11.6. The molecule has 1 aromatic carbocycles. The third kappa shape index (κ3) is 2.75. The van der Waals surface area contributed by atoms with Gasteiger partial charge in [0, 0.05) is 4.90 Å². The van der Waals surface area contributed by atoms with Crippen LogP contribution in [0.3, 0.4) is 0 Å². The Balaban J connectivity index is 3.04. The molecule has 0 unspecified atom stereocenters. The zero-order valence-corrected chi connectivity index (χ0v) is 10.4. The number of hydrogen-bond donors (Lipinski definition) is 1. The number of thioether (sulfide) groups is 1. The second kappa shape index (κ2) is 4.71. The average Bonchev–Trinajstić information content (AvgIpc) is 2.18. The maximum absolute atomic E-state index is 10.5. The van der Waals surface area contributed by atoms with E-state index in [9.17, 15) is 4.79 Å². The molecule has 2 nitrogen and oxygen atoms in total. The first-order valence-electron chi connectivity index (χ1n) is 4.85. The average molecular weight is 224 g/mol. The van der Waals surface area contributed by atoms with Crippen molar-refractivity contribution in [3.8, 4) is 0 Å². The molecule has 1 rings (SSSR count). The number of aryl methyl sites for hydroxylation is 1. The summed E-state index contributed by atoms with van der Waals surface area (Å²) in [6.07, 6.45) is 0. The molecule has 0 aliphatic heterocycles. The van der Waals surface area contributed by atoms with Crippen molar-refractivity contribution in [2.75, 3.05) is 5.75 Å². The molecule has 0 saturated carbocycles. The van der Waals surface area contributed by atoms with Crippen LogP contribution in [0.5, 0.6) is 0 Å². The van der Waals surface area contributed by atoms with Crippen LogP contribution in [0.25, 0.3) is 0 Å². The van der Waals surface area contributed by atoms with Crippen molar-refractivity contribution >= 4 is 17.7 Å². The number of rotatable bonds is 3. The molecule has 0 aromatic heterocycles. The summed E-state index contributed by atoms with van der Waals surface area (Å²) < 4.78 is 0. The smallest absolute Gasteiger partial charge is 0.313 e. The minimum Gasteiger partial charge on any atom is -0.481 e. The lowest BCUT2D eigenvalue weighted by molar-refractivity contribution is -0.133. The molecule has 0 bridgehead atoms. The van der Waals surface area contributed by atoms with Crippen LogP contribution in [0.15, 0.2) is 11.0 Å². The fourth-order valence-electron chi connectivity index (χ4n) is 1.46. The van der Waals surface area contributed by atoms with E-state index in [2.05, 4.69) is 26.8 Å². The van der Waals surface area contributed by atoms with Crippen molar-refractivity contribution in [2.24, 2.45) is 0 Å². The summed E-state index contributed by atoms with van der Waals surface area (Å²) >= 11 is 1.39. The van der Waals surface area contributed by atoms with Crippen LogP contribution < -0.4 is 0 Å². The molecule has 0 amide bonds. The Hall–Kier alpha value is -0.960. The molecule has 0 spiro atoms. The molecule has 0 radical (unpaired) electrons. The maximum Gasteiger partial charge on any atom is 0.313 e. The van der Waals surface area contributed by atoms with E-state index in [1.807, 2.05) is 6.92 Å². The molecule has 0 heterocycles. The molecule has 82 valence electrons. The highest BCUT2D eigenvalue weighted by atomic mass is 32.2. The van der Waals surface area contributed by atoms with E-state index in [1.165, 1.54) is 34.0 Å². The summed E-state index contributed by atoms with van der Waals surface area (Å²) in [7, 11) is 0. The van der Waals surface area contributed by atoms with Crippen LogP contribution in [0, 0.1) is 27.7 Å². The van der Waals surface area contributed by atoms with Crippen molar-refractivity contribution in [1.29, 1.82) is 0 Å². The highest BCUT2D eigenvalue weighted by molar-refractivity contribution is 8.00. The van der Waals surface area contributed by atoms with E-state index < -0.39 is 5.97 Å². The molecule has 0 saturated heterocycles. The van der Waals surface area contributed by atoms with Crippen molar-refractivity contribution in [1.82, 2.24) is 0 Å². The molecular formula is C12H16O2S. The van der Waals surface area contributed by atoms with Gasteiger partial charge in [-0.05, 0) is 56.0 Å². The van der Waals surface area contributed by atoms with Gasteiger partial charge in [-0.2, -0.15) is 0 Å². The minimum atomic E-state index is -0.768. The van der Waals surface area contributed by atoms with Gasteiger partial charge < -0.3 is 5.11 Å². The zero-order valence-electron chi connectivity index (χ0n) is 9.55. The SMILES string of the molecule is Cc1cc(SCC(=O)O)c(C)c(C)c1C. The number of carboxylic acids is 1. The van der Waals surface area contributed by atoms with Gasteiger partial charge in [0.15, 0.2) is 0 Å². The standard InChI is InChI=1S/C12H16O2S/c1-7-5-11(15-6-12(13)14)10(4)9(3)8(7)2/h5H,6H2,1-4H3,(H,13,14). The van der Waals surface area contributed by atoms with Crippen LogP contribution in [-0.4, -0.2) is 16.8 Å². The lowest BCUT2D eigenvalue weighted by atomic mass is 10.00. The fourth-order valence-corrected chi connectivity index (χ4v) is 2.37. The van der Waals surface area contributed by atoms with Crippen LogP contribution in [-0.2, 0) is 4.79 Å². The Bertz CT molecular complexity index is 397. The molecule has 15 heavy (non-hydrogen) atoms. The van der Waals surface area contributed by atoms with E-state index >= 15 is 0 Å². The zero-order chi connectivity index (χ0) is 11.6. The number of hydrogen-bond acceptors (Lipinski definition) is 2. The van der Waals surface area contributed by atoms with Crippen molar-refractivity contribution in [3.05, 3.63) is 28.3 Å². The van der Waals surface area contributed by atoms with Crippen molar-refractivity contribution in [2.45, 2.75) is 32.6 Å². The third-order valence-electron chi connectivity index (χ3n) is 2.78. The summed E-state index contributed by atoms with van der Waals surface area (Å²) in [5, 5.41) is 8.64. The van der Waals surface area contributed by atoms with Gasteiger partial charge in [0.25, 0.3) is 0 Å². The van der Waals surface area contributed by atoms with Crippen LogP contribution in [0.4, 0.5) is 0 Å². The van der Waals surface area contributed by atoms with Gasteiger partial charge in [-0.25, -0.2) is 0 Å². The van der Waals surface area contributed by atoms with Crippen LogP contribution in [0.1, 0.15) is 22.3 Å². The topological polar surface area (TPSA) is 37.3 Å². The first-order valence-corrected chi connectivity index (χ1v) is 5.84. The minimum absolute atomic E-state index is 0.128. The maximum atomic E-state index is 10.5. The van der Waals surface area contributed by atoms with E-state index in [0.717, 1.165) is 4.90 Å². The molecule has 0 fully saturated rings. The van der Waals surface area contributed by atoms with Gasteiger partial charge in [0.1, 0.15) is 0 Å². The first-order chi connectivity index (χ1) is 6.93. The van der Waals surface area contributed by atoms with E-state index in [4.69, 9.17) is 5.11 Å². The fraction of sp³-hybridized carbons (Fsp3) is 0.417. The Labute approximate surface area is 94.7 Å². The molecule has 1 aromatic rings. The predicted molar refractivity (Wildman–Crippen MR) is 63.7 cm³/mol. The predicted octanol–water partition coefficient (Wildman–Crippen LogP) is 3.10. The largest absolute Gasteiger partial charge is 0.481 e. The highest BCUT2D eigenvalue weighted by Gasteiger charge is 2.08. The van der Waals surface area contributed by atoms with E-state index in [-0.39, 0.29) is 5.75 Å². The number of aliphatic carboxylic acids is 1. The first kappa shape index (κ1) is 12.1. The number of carboxylic acid groups (broad SMARTS) is 1. The Morgan fingerprint density at radius 3 is 2.33 bits per heavy atom. The van der Waals surface area contributed by atoms with Gasteiger partial charge in [0.05, 0.1) is 5.75 Å². The Morgan fingerprint density at radius 2 is 1.80 bits per heavy atom. The lowest BCUT2D eigenvalue weighted by Gasteiger charge is -2.13. The number of carbonyl (C=O) groups is 1. The molecule has 0 aliphatic carbocycles. The molecule has 1 N–H and O–H groups in total. The number of benzene rings is 1. The monoisotopic (exact) mass is 224 g/mol. The Kier molecular flexibility index (Phi) is 3.80. The summed E-state index contributed by atoms with van der Waals surface area (Å²) in [5.41, 5.74) is 4.99. The molecule has 0 aliphatic rings. The van der Waals surface area contributed by atoms with Gasteiger partial charge in [-0.15, -0.1) is 11.8 Å². The lowest BCUT2D eigenvalue weighted by Crippen LogP contribution is -2.00. The van der Waals surface area contributed by atoms with Gasteiger partial charge in [-0.3, -0.25) is 4.79 Å². The van der Waals surface area contributed by atoms with Gasteiger partial charge in [0.2, 0.25) is 0 Å². The van der Waals surface area contributed by atoms with E-state index in [1.54, 1.807) is 0 Å². The summed E-state index contributed by atoms with van der Waals surface area (Å²) in [6.45, 7) is 8.30. The Morgan fingerprint density at radius 1 is 1.20 bits per heavy atom. The highest BCUT2D eigenvalue weighted by Crippen LogP contribution is 2.28. The quantitative estimate of drug-likeness (QED) is 0.802. The molecule has 0 atom stereocenters. The molecule has 3 heteroatoms. The van der Waals surface area contributed by atoms with Crippen LogP contribution in [0.2, 0.25) is 0 Å². The summed E-state index contributed by atoms with van der Waals surface area (Å²) in [5.74, 6) is -0.640. The van der Waals surface area contributed by atoms with Gasteiger partial charge >= 0.3 is 5.97 Å². The molecular weight excluding hydrogens is 208 g/mol. The van der Waals surface area contributed by atoms with E-state index in [0.29, 0.717) is 0 Å². The second-order valence-corrected chi connectivity index (χ2v) is 4.77. The van der Waals surface area contributed by atoms with Crippen LogP contribution >= 0.6 is 11.8 Å². The summed E-state index contributed by atoms with van der Waals surface area (Å²) in [6, 6.07) is 2.07. The van der Waals surface area contributed by atoms with Crippen molar-refractivity contribution < 1.29 is 9.90 Å². The van der Waals surface area contributed by atoms with Crippen molar-refractivity contribution in [3.63, 3.8) is 0 Å². The van der Waals surface area contributed by atoms with Gasteiger partial charge in [-0.1, -0.05) is 0 Å². The second-order valence-electron chi connectivity index (χ2n) is 3.75. The normalized spacial score (nSPS) is 10.4.